The molecular formula is C10H15BrN2. The van der Waals surface area contributed by atoms with Crippen molar-refractivity contribution in [2.24, 2.45) is 7.05 Å². The van der Waals surface area contributed by atoms with Crippen molar-refractivity contribution < 1.29 is 0 Å². The molecule has 1 aromatic rings. The number of halogens is 1. The zero-order chi connectivity index (χ0) is 9.42. The Hall–Kier alpha value is -0.310. The summed E-state index contributed by atoms with van der Waals surface area (Å²) in [6.07, 6.45) is 4.95. The van der Waals surface area contributed by atoms with Crippen LogP contribution < -0.4 is 0 Å². The van der Waals surface area contributed by atoms with Crippen LogP contribution in [0.15, 0.2) is 4.60 Å². The molecule has 0 spiro atoms. The van der Waals surface area contributed by atoms with Gasteiger partial charge in [0.2, 0.25) is 0 Å². The molecule has 1 heterocycles. The summed E-state index contributed by atoms with van der Waals surface area (Å²) >= 11 is 3.53. The molecule has 0 aliphatic heterocycles. The standard InChI is InChI=1S/C10H15BrN2/c1-3-4-8-9(11)12-10(13(8)2)7-5-6-7/h7H,3-6H2,1-2H3. The van der Waals surface area contributed by atoms with Crippen LogP contribution in [0.5, 0.6) is 0 Å². The monoisotopic (exact) mass is 242 g/mol. The quantitative estimate of drug-likeness (QED) is 0.797. The first-order valence-corrected chi connectivity index (χ1v) is 5.74. The lowest BCUT2D eigenvalue weighted by molar-refractivity contribution is 0.735. The molecule has 0 N–H and O–H groups in total. The third-order valence-electron chi connectivity index (χ3n) is 2.63. The highest BCUT2D eigenvalue weighted by Gasteiger charge is 2.29. The van der Waals surface area contributed by atoms with Crippen molar-refractivity contribution in [2.75, 3.05) is 0 Å². The number of rotatable bonds is 3. The molecular weight excluding hydrogens is 228 g/mol. The van der Waals surface area contributed by atoms with Crippen molar-refractivity contribution in [1.29, 1.82) is 0 Å². The van der Waals surface area contributed by atoms with E-state index < -0.39 is 0 Å². The van der Waals surface area contributed by atoms with Crippen LogP contribution >= 0.6 is 15.9 Å². The third kappa shape index (κ3) is 1.66. The molecule has 1 saturated carbocycles. The van der Waals surface area contributed by atoms with Crippen LogP contribution in [-0.2, 0) is 13.5 Å². The maximum atomic E-state index is 4.57. The second-order valence-electron chi connectivity index (χ2n) is 3.79. The van der Waals surface area contributed by atoms with Crippen molar-refractivity contribution in [3.63, 3.8) is 0 Å². The fraction of sp³-hybridized carbons (Fsp3) is 0.700. The van der Waals surface area contributed by atoms with Crippen LogP contribution in [0.25, 0.3) is 0 Å². The highest BCUT2D eigenvalue weighted by atomic mass is 79.9. The Morgan fingerprint density at radius 3 is 2.77 bits per heavy atom. The van der Waals surface area contributed by atoms with Gasteiger partial charge in [-0.05, 0) is 35.2 Å². The molecule has 2 rings (SSSR count). The van der Waals surface area contributed by atoms with Gasteiger partial charge >= 0.3 is 0 Å². The van der Waals surface area contributed by atoms with Crippen molar-refractivity contribution in [3.8, 4) is 0 Å². The fourth-order valence-corrected chi connectivity index (χ4v) is 2.38. The molecule has 1 fully saturated rings. The van der Waals surface area contributed by atoms with Gasteiger partial charge in [0.25, 0.3) is 0 Å². The van der Waals surface area contributed by atoms with Gasteiger partial charge in [0, 0.05) is 13.0 Å². The summed E-state index contributed by atoms with van der Waals surface area (Å²) in [7, 11) is 2.14. The summed E-state index contributed by atoms with van der Waals surface area (Å²) in [6.45, 7) is 2.20. The van der Waals surface area contributed by atoms with E-state index in [4.69, 9.17) is 0 Å². The molecule has 72 valence electrons. The molecule has 0 saturated heterocycles. The summed E-state index contributed by atoms with van der Waals surface area (Å²) in [5.41, 5.74) is 1.35. The lowest BCUT2D eigenvalue weighted by Crippen LogP contribution is -2.00. The van der Waals surface area contributed by atoms with Gasteiger partial charge in [0.1, 0.15) is 10.4 Å². The Morgan fingerprint density at radius 2 is 2.23 bits per heavy atom. The van der Waals surface area contributed by atoms with Crippen LogP contribution in [0.4, 0.5) is 0 Å². The normalized spacial score (nSPS) is 16.5. The third-order valence-corrected chi connectivity index (χ3v) is 3.26. The molecule has 2 nitrogen and oxygen atoms in total. The molecule has 1 aliphatic carbocycles. The summed E-state index contributed by atoms with van der Waals surface area (Å²) in [6, 6.07) is 0. The molecule has 0 atom stereocenters. The van der Waals surface area contributed by atoms with Gasteiger partial charge in [-0.2, -0.15) is 0 Å². The highest BCUT2D eigenvalue weighted by Crippen LogP contribution is 2.40. The lowest BCUT2D eigenvalue weighted by Gasteiger charge is -2.03. The molecule has 3 heteroatoms. The number of imidazole rings is 1. The smallest absolute Gasteiger partial charge is 0.127 e. The molecule has 0 aromatic carbocycles. The summed E-state index contributed by atoms with van der Waals surface area (Å²) in [5.74, 6) is 2.02. The van der Waals surface area contributed by atoms with Gasteiger partial charge in [-0.1, -0.05) is 13.3 Å². The highest BCUT2D eigenvalue weighted by molar-refractivity contribution is 9.10. The van der Waals surface area contributed by atoms with Gasteiger partial charge in [0.05, 0.1) is 5.69 Å². The van der Waals surface area contributed by atoms with Gasteiger partial charge in [0.15, 0.2) is 0 Å². The predicted molar refractivity (Wildman–Crippen MR) is 56.9 cm³/mol. The second kappa shape index (κ2) is 3.45. The lowest BCUT2D eigenvalue weighted by atomic mass is 10.3. The Bertz CT molecular complexity index is 313. The molecule has 1 aliphatic rings. The van der Waals surface area contributed by atoms with Crippen LogP contribution in [0.1, 0.15) is 43.6 Å². The van der Waals surface area contributed by atoms with Crippen LogP contribution in [0.3, 0.4) is 0 Å². The zero-order valence-electron chi connectivity index (χ0n) is 8.18. The summed E-state index contributed by atoms with van der Waals surface area (Å²) in [5, 5.41) is 0. The average Bonchev–Trinajstić information content (AvgIpc) is 2.88. The van der Waals surface area contributed by atoms with E-state index in [-0.39, 0.29) is 0 Å². The SMILES string of the molecule is CCCc1c(Br)nc(C2CC2)n1C. The van der Waals surface area contributed by atoms with E-state index in [2.05, 4.69) is 39.5 Å². The maximum absolute atomic E-state index is 4.57. The number of hydrogen-bond acceptors (Lipinski definition) is 1. The van der Waals surface area contributed by atoms with Gasteiger partial charge in [-0.25, -0.2) is 4.98 Å². The first-order chi connectivity index (χ1) is 6.24. The van der Waals surface area contributed by atoms with Crippen molar-refractivity contribution in [2.45, 2.75) is 38.5 Å². The molecule has 13 heavy (non-hydrogen) atoms. The van der Waals surface area contributed by atoms with E-state index in [1.54, 1.807) is 0 Å². The number of nitrogens with zero attached hydrogens (tertiary/aromatic N) is 2. The van der Waals surface area contributed by atoms with Crippen LogP contribution in [0.2, 0.25) is 0 Å². The first kappa shape index (κ1) is 9.25. The van der Waals surface area contributed by atoms with E-state index >= 15 is 0 Å². The maximum Gasteiger partial charge on any atom is 0.127 e. The molecule has 0 radical (unpaired) electrons. The minimum atomic E-state index is 0.743. The Labute approximate surface area is 87.5 Å². The predicted octanol–water partition coefficient (Wildman–Crippen LogP) is 3.01. The van der Waals surface area contributed by atoms with E-state index in [9.17, 15) is 0 Å². The number of aromatic nitrogens is 2. The minimum absolute atomic E-state index is 0.743. The Kier molecular flexibility index (Phi) is 2.45. The van der Waals surface area contributed by atoms with Crippen molar-refractivity contribution in [3.05, 3.63) is 16.1 Å². The Morgan fingerprint density at radius 1 is 1.54 bits per heavy atom. The zero-order valence-corrected chi connectivity index (χ0v) is 9.76. The Balaban J connectivity index is 2.32. The molecule has 0 bridgehead atoms. The van der Waals surface area contributed by atoms with Gasteiger partial charge in [-0.15, -0.1) is 0 Å². The molecule has 0 amide bonds. The van der Waals surface area contributed by atoms with Crippen molar-refractivity contribution >= 4 is 15.9 Å². The molecule has 0 unspecified atom stereocenters. The van der Waals surface area contributed by atoms with E-state index in [1.807, 2.05) is 0 Å². The van der Waals surface area contributed by atoms with E-state index in [0.717, 1.165) is 16.9 Å². The topological polar surface area (TPSA) is 17.8 Å². The fourth-order valence-electron chi connectivity index (χ4n) is 1.73. The van der Waals surface area contributed by atoms with Crippen LogP contribution in [-0.4, -0.2) is 9.55 Å². The summed E-state index contributed by atoms with van der Waals surface area (Å²) < 4.78 is 3.32. The largest absolute Gasteiger partial charge is 0.334 e. The first-order valence-electron chi connectivity index (χ1n) is 4.95. The van der Waals surface area contributed by atoms with Gasteiger partial charge < -0.3 is 4.57 Å². The minimum Gasteiger partial charge on any atom is -0.334 e. The second-order valence-corrected chi connectivity index (χ2v) is 4.54. The molecule has 1 aromatic heterocycles. The summed E-state index contributed by atoms with van der Waals surface area (Å²) in [4.78, 5) is 4.57. The number of hydrogen-bond donors (Lipinski definition) is 0. The van der Waals surface area contributed by atoms with E-state index in [0.29, 0.717) is 0 Å². The van der Waals surface area contributed by atoms with Gasteiger partial charge in [-0.3, -0.25) is 0 Å². The average molecular weight is 243 g/mol. The van der Waals surface area contributed by atoms with Crippen LogP contribution in [0, 0.1) is 0 Å². The van der Waals surface area contributed by atoms with Crippen molar-refractivity contribution in [1.82, 2.24) is 9.55 Å². The van der Waals surface area contributed by atoms with E-state index in [1.165, 1.54) is 30.8 Å².